The van der Waals surface area contributed by atoms with E-state index in [0.717, 1.165) is 10.5 Å². The van der Waals surface area contributed by atoms with Crippen molar-refractivity contribution >= 4 is 23.6 Å². The van der Waals surface area contributed by atoms with Gasteiger partial charge in [-0.3, -0.25) is 4.79 Å². The summed E-state index contributed by atoms with van der Waals surface area (Å²) in [6.45, 7) is 0. The molecule has 2 aromatic rings. The lowest BCUT2D eigenvalue weighted by Crippen LogP contribution is -2.00. The lowest BCUT2D eigenvalue weighted by Gasteiger charge is -2.10. The Morgan fingerprint density at radius 3 is 2.39 bits per heavy atom. The number of carbonyl (C=O) groups is 1. The number of carbonyl (C=O) groups excluding carboxylic acids is 1. The zero-order chi connectivity index (χ0) is 16.8. The number of thioether (sulfide) groups is 1. The van der Waals surface area contributed by atoms with Crippen molar-refractivity contribution in [3.8, 4) is 17.2 Å². The van der Waals surface area contributed by atoms with Crippen molar-refractivity contribution in [2.45, 2.75) is 4.90 Å². The van der Waals surface area contributed by atoms with E-state index in [1.54, 1.807) is 23.9 Å². The lowest BCUT2D eigenvalue weighted by atomic mass is 10.1. The summed E-state index contributed by atoms with van der Waals surface area (Å²) in [5, 5.41) is 10.1. The van der Waals surface area contributed by atoms with Crippen molar-refractivity contribution in [1.29, 1.82) is 0 Å². The molecule has 0 heterocycles. The van der Waals surface area contributed by atoms with Gasteiger partial charge in [-0.05, 0) is 30.0 Å². The molecule has 0 fully saturated rings. The Balaban J connectivity index is 2.27. The summed E-state index contributed by atoms with van der Waals surface area (Å²) in [6, 6.07) is 10.8. The molecule has 0 saturated carbocycles. The van der Waals surface area contributed by atoms with E-state index >= 15 is 0 Å². The third kappa shape index (κ3) is 4.07. The maximum atomic E-state index is 12.4. The van der Waals surface area contributed by atoms with Crippen LogP contribution in [0.25, 0.3) is 6.08 Å². The number of aromatic hydroxyl groups is 1. The average Bonchev–Trinajstić information content (AvgIpc) is 2.59. The molecule has 0 aliphatic carbocycles. The predicted octanol–water partition coefficient (Wildman–Crippen LogP) is 4.03. The number of hydrogen-bond donors (Lipinski definition) is 1. The first kappa shape index (κ1) is 17.0. The quantitative estimate of drug-likeness (QED) is 0.492. The molecule has 2 rings (SSSR count). The van der Waals surface area contributed by atoms with Gasteiger partial charge in [0.05, 0.1) is 14.2 Å². The number of phenolic OH excluding ortho intramolecular Hbond substituents is 1. The first-order valence-corrected chi connectivity index (χ1v) is 8.13. The minimum absolute atomic E-state index is 0.116. The Morgan fingerprint density at radius 1 is 1.13 bits per heavy atom. The zero-order valence-corrected chi connectivity index (χ0v) is 14.0. The molecular weight excluding hydrogens is 312 g/mol. The van der Waals surface area contributed by atoms with Crippen molar-refractivity contribution in [3.05, 3.63) is 53.6 Å². The molecule has 1 N–H and O–H groups in total. The zero-order valence-electron chi connectivity index (χ0n) is 13.2. The molecule has 0 bridgehead atoms. The molecule has 120 valence electrons. The van der Waals surface area contributed by atoms with Gasteiger partial charge >= 0.3 is 0 Å². The summed E-state index contributed by atoms with van der Waals surface area (Å²) in [7, 11) is 2.92. The molecular formula is C18H18O4S. The molecule has 0 spiro atoms. The average molecular weight is 330 g/mol. The number of hydrogen-bond acceptors (Lipinski definition) is 5. The van der Waals surface area contributed by atoms with Crippen molar-refractivity contribution in [3.63, 3.8) is 0 Å². The minimum atomic E-state index is -0.337. The fraction of sp³-hybridized carbons (Fsp3) is 0.167. The van der Waals surface area contributed by atoms with Gasteiger partial charge in [-0.1, -0.05) is 18.2 Å². The monoisotopic (exact) mass is 330 g/mol. The second kappa shape index (κ2) is 7.74. The predicted molar refractivity (Wildman–Crippen MR) is 92.8 cm³/mol. The number of allylic oxidation sites excluding steroid dienone is 1. The Morgan fingerprint density at radius 2 is 1.83 bits per heavy atom. The Kier molecular flexibility index (Phi) is 5.71. The summed E-state index contributed by atoms with van der Waals surface area (Å²) in [6.07, 6.45) is 5.13. The van der Waals surface area contributed by atoms with Gasteiger partial charge in [0.2, 0.25) is 0 Å². The third-order valence-electron chi connectivity index (χ3n) is 3.30. The first-order valence-electron chi connectivity index (χ1n) is 6.90. The van der Waals surface area contributed by atoms with E-state index in [-0.39, 0.29) is 22.8 Å². The Bertz CT molecular complexity index is 721. The molecule has 0 radical (unpaired) electrons. The van der Waals surface area contributed by atoms with Crippen molar-refractivity contribution in [2.24, 2.45) is 0 Å². The van der Waals surface area contributed by atoms with Crippen molar-refractivity contribution < 1.29 is 19.4 Å². The first-order chi connectivity index (χ1) is 11.1. The van der Waals surface area contributed by atoms with Crippen LogP contribution in [0, 0.1) is 0 Å². The highest BCUT2D eigenvalue weighted by molar-refractivity contribution is 7.98. The highest BCUT2D eigenvalue weighted by Crippen LogP contribution is 2.33. The van der Waals surface area contributed by atoms with E-state index in [1.807, 2.05) is 30.5 Å². The van der Waals surface area contributed by atoms with Crippen LogP contribution in [0.5, 0.6) is 17.2 Å². The van der Waals surface area contributed by atoms with Crippen LogP contribution in [-0.4, -0.2) is 31.4 Å². The van der Waals surface area contributed by atoms with E-state index in [2.05, 4.69) is 0 Å². The fourth-order valence-electron chi connectivity index (χ4n) is 2.07. The normalized spacial score (nSPS) is 10.7. The van der Waals surface area contributed by atoms with Crippen LogP contribution in [0.4, 0.5) is 0 Å². The Hall–Kier alpha value is -2.40. The summed E-state index contributed by atoms with van der Waals surface area (Å²) in [4.78, 5) is 13.5. The maximum Gasteiger partial charge on any atom is 0.193 e. The second-order valence-corrected chi connectivity index (χ2v) is 5.57. The van der Waals surface area contributed by atoms with Crippen LogP contribution in [-0.2, 0) is 0 Å². The van der Waals surface area contributed by atoms with Crippen LogP contribution in [0.15, 0.2) is 47.4 Å². The smallest absolute Gasteiger partial charge is 0.193 e. The Labute approximate surface area is 139 Å². The molecule has 0 aliphatic rings. The largest absolute Gasteiger partial charge is 0.507 e. The number of methoxy groups -OCH3 is 2. The topological polar surface area (TPSA) is 55.8 Å². The van der Waals surface area contributed by atoms with Crippen LogP contribution in [0.2, 0.25) is 0 Å². The van der Waals surface area contributed by atoms with E-state index in [9.17, 15) is 9.90 Å². The molecule has 2 aromatic carbocycles. The van der Waals surface area contributed by atoms with Gasteiger partial charge in [0.1, 0.15) is 22.8 Å². The summed E-state index contributed by atoms with van der Waals surface area (Å²) in [5.41, 5.74) is 1.02. The molecule has 4 nitrogen and oxygen atoms in total. The molecule has 0 atom stereocenters. The van der Waals surface area contributed by atoms with Gasteiger partial charge in [0.15, 0.2) is 5.78 Å². The van der Waals surface area contributed by atoms with E-state index in [0.29, 0.717) is 5.75 Å². The second-order valence-electron chi connectivity index (χ2n) is 4.69. The van der Waals surface area contributed by atoms with E-state index in [1.165, 1.54) is 26.4 Å². The molecule has 0 unspecified atom stereocenters. The third-order valence-corrected chi connectivity index (χ3v) is 4.04. The van der Waals surface area contributed by atoms with E-state index < -0.39 is 0 Å². The van der Waals surface area contributed by atoms with Crippen LogP contribution in [0.1, 0.15) is 15.9 Å². The van der Waals surface area contributed by atoms with Gasteiger partial charge in [-0.2, -0.15) is 0 Å². The number of benzene rings is 2. The summed E-state index contributed by atoms with van der Waals surface area (Å²) in [5.74, 6) is 0.186. The standard InChI is InChI=1S/C18H18O4S/c1-21-13-10-16(20)18(17(11-13)22-2)15(19)9-6-12-4-7-14(23-3)8-5-12/h4-11,20H,1-3H3/b9-6+. The van der Waals surface area contributed by atoms with Crippen LogP contribution < -0.4 is 9.47 Å². The van der Waals surface area contributed by atoms with E-state index in [4.69, 9.17) is 9.47 Å². The number of rotatable bonds is 6. The minimum Gasteiger partial charge on any atom is -0.507 e. The number of ether oxygens (including phenoxy) is 2. The van der Waals surface area contributed by atoms with Gasteiger partial charge in [0.25, 0.3) is 0 Å². The van der Waals surface area contributed by atoms with Crippen molar-refractivity contribution in [1.82, 2.24) is 0 Å². The maximum absolute atomic E-state index is 12.4. The SMILES string of the molecule is COc1cc(O)c(C(=O)/C=C/c2ccc(SC)cc2)c(OC)c1. The molecule has 0 saturated heterocycles. The highest BCUT2D eigenvalue weighted by Gasteiger charge is 2.17. The number of phenols is 1. The van der Waals surface area contributed by atoms with Gasteiger partial charge in [-0.15, -0.1) is 11.8 Å². The van der Waals surface area contributed by atoms with Gasteiger partial charge in [0, 0.05) is 17.0 Å². The molecule has 0 aromatic heterocycles. The summed E-state index contributed by atoms with van der Waals surface area (Å²) >= 11 is 1.66. The highest BCUT2D eigenvalue weighted by atomic mass is 32.2. The number of ketones is 1. The van der Waals surface area contributed by atoms with Gasteiger partial charge in [-0.25, -0.2) is 0 Å². The van der Waals surface area contributed by atoms with Crippen LogP contribution >= 0.6 is 11.8 Å². The fourth-order valence-corrected chi connectivity index (χ4v) is 2.48. The molecule has 0 amide bonds. The summed E-state index contributed by atoms with van der Waals surface area (Å²) < 4.78 is 10.2. The lowest BCUT2D eigenvalue weighted by molar-refractivity contribution is 0.104. The molecule has 0 aliphatic heterocycles. The molecule has 5 heteroatoms. The van der Waals surface area contributed by atoms with Gasteiger partial charge < -0.3 is 14.6 Å². The molecule has 23 heavy (non-hydrogen) atoms. The van der Waals surface area contributed by atoms with Crippen LogP contribution in [0.3, 0.4) is 0 Å². The van der Waals surface area contributed by atoms with Crippen molar-refractivity contribution in [2.75, 3.05) is 20.5 Å².